The molecule has 0 spiro atoms. The van der Waals surface area contributed by atoms with Crippen molar-refractivity contribution in [3.05, 3.63) is 64.7 Å². The molecule has 2 aromatic heterocycles. The highest BCUT2D eigenvalue weighted by atomic mass is 35.5. The molecule has 0 saturated carbocycles. The van der Waals surface area contributed by atoms with E-state index < -0.39 is 17.7 Å². The van der Waals surface area contributed by atoms with E-state index in [1.165, 1.54) is 11.3 Å². The highest BCUT2D eigenvalue weighted by molar-refractivity contribution is 7.22. The number of rotatable bonds is 6. The lowest BCUT2D eigenvalue weighted by Gasteiger charge is -2.28. The molecule has 0 radical (unpaired) electrons. The van der Waals surface area contributed by atoms with Gasteiger partial charge in [-0.25, -0.2) is 9.78 Å². The number of anilines is 1. The number of nitrogens with zero attached hydrogens (tertiary/aromatic N) is 3. The van der Waals surface area contributed by atoms with E-state index >= 15 is 0 Å². The Bertz CT molecular complexity index is 1680. The van der Waals surface area contributed by atoms with E-state index in [2.05, 4.69) is 16.5 Å². The van der Waals surface area contributed by atoms with Gasteiger partial charge < -0.3 is 15.2 Å². The summed E-state index contributed by atoms with van der Waals surface area (Å²) in [5, 5.41) is 20.4. The van der Waals surface area contributed by atoms with Crippen LogP contribution in [0.25, 0.3) is 42.8 Å². The quantitative estimate of drug-likeness (QED) is 0.229. The summed E-state index contributed by atoms with van der Waals surface area (Å²) in [5.41, 5.74) is 5.18. The Morgan fingerprint density at radius 2 is 1.82 bits per heavy atom. The Labute approximate surface area is 230 Å². The molecule has 2 heterocycles. The van der Waals surface area contributed by atoms with E-state index in [4.69, 9.17) is 21.3 Å². The number of ether oxygens (including phenoxy) is 1. The molecule has 38 heavy (non-hydrogen) atoms. The fraction of sp³-hybridized carbons (Fsp3) is 0.276. The summed E-state index contributed by atoms with van der Waals surface area (Å²) in [6, 6.07) is 15.6. The predicted octanol–water partition coefficient (Wildman–Crippen LogP) is 7.46. The Kier molecular flexibility index (Phi) is 6.67. The minimum Gasteiger partial charge on any atom is -0.479 e. The van der Waals surface area contributed by atoms with E-state index in [9.17, 15) is 9.90 Å². The van der Waals surface area contributed by atoms with Gasteiger partial charge in [0.15, 0.2) is 11.9 Å². The zero-order valence-electron chi connectivity index (χ0n) is 22.1. The van der Waals surface area contributed by atoms with Crippen LogP contribution in [0.3, 0.4) is 0 Å². The molecular weight excluding hydrogens is 520 g/mol. The summed E-state index contributed by atoms with van der Waals surface area (Å²) in [5.74, 6) is -0.216. The number of carboxylic acids is 1. The lowest BCUT2D eigenvalue weighted by molar-refractivity contribution is -0.160. The van der Waals surface area contributed by atoms with Crippen molar-refractivity contribution >= 4 is 55.8 Å². The van der Waals surface area contributed by atoms with Crippen LogP contribution in [0.4, 0.5) is 5.82 Å². The molecule has 0 fully saturated rings. The van der Waals surface area contributed by atoms with E-state index in [0.717, 1.165) is 54.2 Å². The molecule has 1 atom stereocenters. The molecule has 0 aliphatic heterocycles. The third kappa shape index (κ3) is 4.75. The molecule has 2 N–H and O–H groups in total. The van der Waals surface area contributed by atoms with Gasteiger partial charge in [0.1, 0.15) is 5.01 Å². The first-order valence-corrected chi connectivity index (χ1v) is 13.4. The van der Waals surface area contributed by atoms with Crippen LogP contribution in [-0.2, 0) is 16.6 Å². The summed E-state index contributed by atoms with van der Waals surface area (Å²) in [7, 11) is 3.77. The van der Waals surface area contributed by atoms with Crippen molar-refractivity contribution in [2.24, 2.45) is 7.05 Å². The molecule has 0 aliphatic rings. The minimum absolute atomic E-state index is 0.607. The van der Waals surface area contributed by atoms with Crippen molar-refractivity contribution in [1.82, 2.24) is 14.8 Å². The summed E-state index contributed by atoms with van der Waals surface area (Å²) < 4.78 is 8.85. The first-order chi connectivity index (χ1) is 18.0. The fourth-order valence-electron chi connectivity index (χ4n) is 4.74. The van der Waals surface area contributed by atoms with Crippen LogP contribution in [-0.4, -0.2) is 38.5 Å². The van der Waals surface area contributed by atoms with Crippen LogP contribution >= 0.6 is 22.9 Å². The second kappa shape index (κ2) is 9.69. The van der Waals surface area contributed by atoms with Crippen molar-refractivity contribution < 1.29 is 14.6 Å². The summed E-state index contributed by atoms with van der Waals surface area (Å²) in [4.78, 5) is 17.5. The normalized spacial score (nSPS) is 12.8. The second-order valence-electron chi connectivity index (χ2n) is 10.3. The smallest absolute Gasteiger partial charge is 0.337 e. The molecule has 196 valence electrons. The SMILES string of the molecule is CNc1nn(C)c2cc(-c3nc4cc(C)c(C(OC(C)(C)C)C(=O)O)c(-c5ccc(Cl)cc5)c4s3)ccc12. The van der Waals surface area contributed by atoms with Gasteiger partial charge in [-0.2, -0.15) is 5.10 Å². The Balaban J connectivity index is 1.77. The molecule has 0 aliphatic carbocycles. The maximum Gasteiger partial charge on any atom is 0.337 e. The van der Waals surface area contributed by atoms with Crippen LogP contribution < -0.4 is 5.32 Å². The largest absolute Gasteiger partial charge is 0.479 e. The van der Waals surface area contributed by atoms with Crippen LogP contribution in [0.5, 0.6) is 0 Å². The average Bonchev–Trinajstić information content (AvgIpc) is 3.42. The number of hydrogen-bond acceptors (Lipinski definition) is 6. The maximum absolute atomic E-state index is 12.5. The topological polar surface area (TPSA) is 89.3 Å². The lowest BCUT2D eigenvalue weighted by Crippen LogP contribution is -2.28. The predicted molar refractivity (Wildman–Crippen MR) is 155 cm³/mol. The summed E-state index contributed by atoms with van der Waals surface area (Å²) in [6.45, 7) is 7.49. The number of nitrogens with one attached hydrogen (secondary N) is 1. The Morgan fingerprint density at radius 1 is 1.13 bits per heavy atom. The van der Waals surface area contributed by atoms with Gasteiger partial charge in [0.25, 0.3) is 0 Å². The number of benzene rings is 3. The Morgan fingerprint density at radius 3 is 2.45 bits per heavy atom. The second-order valence-corrected chi connectivity index (χ2v) is 11.7. The van der Waals surface area contributed by atoms with Crippen LogP contribution in [0.1, 0.15) is 38.0 Å². The number of hydrogen-bond donors (Lipinski definition) is 2. The van der Waals surface area contributed by atoms with E-state index in [-0.39, 0.29) is 0 Å². The highest BCUT2D eigenvalue weighted by Gasteiger charge is 2.32. The molecule has 0 saturated heterocycles. The zero-order valence-corrected chi connectivity index (χ0v) is 23.7. The van der Waals surface area contributed by atoms with Gasteiger partial charge in [-0.1, -0.05) is 29.8 Å². The van der Waals surface area contributed by atoms with Crippen molar-refractivity contribution in [2.45, 2.75) is 39.4 Å². The average molecular weight is 549 g/mol. The number of fused-ring (bicyclic) bond motifs is 2. The monoisotopic (exact) mass is 548 g/mol. The maximum atomic E-state index is 12.5. The number of carboxylic acid groups (broad SMARTS) is 1. The molecule has 0 bridgehead atoms. The van der Waals surface area contributed by atoms with Gasteiger partial charge in [0, 0.05) is 41.2 Å². The molecule has 3 aromatic carbocycles. The van der Waals surface area contributed by atoms with E-state index in [1.54, 1.807) is 0 Å². The van der Waals surface area contributed by atoms with Gasteiger partial charge in [-0.15, -0.1) is 11.3 Å². The lowest BCUT2D eigenvalue weighted by atomic mass is 9.91. The third-order valence-electron chi connectivity index (χ3n) is 6.35. The van der Waals surface area contributed by atoms with Gasteiger partial charge in [-0.3, -0.25) is 4.68 Å². The number of carbonyl (C=O) groups is 1. The third-order valence-corrected chi connectivity index (χ3v) is 7.74. The van der Waals surface area contributed by atoms with Gasteiger partial charge in [0.05, 0.1) is 21.3 Å². The van der Waals surface area contributed by atoms with E-state index in [0.29, 0.717) is 10.6 Å². The molecule has 7 nitrogen and oxygen atoms in total. The summed E-state index contributed by atoms with van der Waals surface area (Å²) >= 11 is 7.74. The molecule has 5 rings (SSSR count). The molecule has 1 unspecified atom stereocenters. The van der Waals surface area contributed by atoms with Crippen LogP contribution in [0.2, 0.25) is 5.02 Å². The fourth-order valence-corrected chi connectivity index (χ4v) is 5.98. The number of halogens is 1. The summed E-state index contributed by atoms with van der Waals surface area (Å²) in [6.07, 6.45) is -1.15. The zero-order chi connectivity index (χ0) is 27.4. The molecular formula is C29H29ClN4O3S. The standard InChI is InChI=1S/C29H29ClN4O3S/c1-15-13-20-25(38-27(32-20)17-9-12-19-21(14-17)34(6)33-26(19)31-5)23(16-7-10-18(30)11-8-16)22(15)24(28(35)36)37-29(2,3)4/h7-14,24H,1-6H3,(H,31,33)(H,35,36). The minimum atomic E-state index is -1.15. The highest BCUT2D eigenvalue weighted by Crippen LogP contribution is 2.44. The van der Waals surface area contributed by atoms with Crippen molar-refractivity contribution in [3.63, 3.8) is 0 Å². The van der Waals surface area contributed by atoms with Crippen molar-refractivity contribution in [1.29, 1.82) is 0 Å². The number of aromatic nitrogens is 3. The van der Waals surface area contributed by atoms with Crippen LogP contribution in [0.15, 0.2) is 48.5 Å². The van der Waals surface area contributed by atoms with Gasteiger partial charge >= 0.3 is 5.97 Å². The Hall–Kier alpha value is -3.46. The van der Waals surface area contributed by atoms with Crippen molar-refractivity contribution in [2.75, 3.05) is 12.4 Å². The first kappa shape index (κ1) is 26.2. The van der Waals surface area contributed by atoms with Crippen molar-refractivity contribution in [3.8, 4) is 21.7 Å². The van der Waals surface area contributed by atoms with Gasteiger partial charge in [0.2, 0.25) is 0 Å². The van der Waals surface area contributed by atoms with E-state index in [1.807, 2.05) is 88.9 Å². The molecule has 0 amide bonds. The van der Waals surface area contributed by atoms with Crippen LogP contribution in [0, 0.1) is 6.92 Å². The van der Waals surface area contributed by atoms with Gasteiger partial charge in [-0.05, 0) is 69.2 Å². The number of aliphatic carboxylic acids is 1. The number of thiazole rings is 1. The molecule has 5 aromatic rings. The molecule has 9 heteroatoms. The first-order valence-electron chi connectivity index (χ1n) is 12.2. The number of aryl methyl sites for hydroxylation is 2.